The van der Waals surface area contributed by atoms with E-state index in [4.69, 9.17) is 0 Å². The lowest BCUT2D eigenvalue weighted by Gasteiger charge is -2.04. The minimum absolute atomic E-state index is 0.256. The van der Waals surface area contributed by atoms with Crippen molar-refractivity contribution in [2.75, 3.05) is 0 Å². The number of aromatic nitrogens is 3. The lowest BCUT2D eigenvalue weighted by atomic mass is 10.3. The van der Waals surface area contributed by atoms with Crippen LogP contribution >= 0.6 is 0 Å². The van der Waals surface area contributed by atoms with Gasteiger partial charge in [0.15, 0.2) is 0 Å². The zero-order chi connectivity index (χ0) is 13.8. The Morgan fingerprint density at radius 2 is 1.80 bits per heavy atom. The third kappa shape index (κ3) is 2.61. The maximum Gasteiger partial charge on any atom is 0.271 e. The minimum Gasteiger partial charge on any atom is -0.345 e. The van der Waals surface area contributed by atoms with Crippen LogP contribution in [0, 0.1) is 0 Å². The average Bonchev–Trinajstić information content (AvgIpc) is 2.53. The van der Waals surface area contributed by atoms with E-state index >= 15 is 0 Å². The van der Waals surface area contributed by atoms with Gasteiger partial charge in [0.1, 0.15) is 5.69 Å². The molecule has 0 unspecified atom stereocenters. The highest BCUT2D eigenvalue weighted by Gasteiger charge is 2.08. The van der Waals surface area contributed by atoms with Crippen molar-refractivity contribution < 1.29 is 4.79 Å². The Balaban J connectivity index is 1.75. The largest absolute Gasteiger partial charge is 0.345 e. The van der Waals surface area contributed by atoms with Gasteiger partial charge < -0.3 is 5.32 Å². The van der Waals surface area contributed by atoms with E-state index in [9.17, 15) is 4.79 Å². The molecule has 0 saturated heterocycles. The maximum atomic E-state index is 12.0. The van der Waals surface area contributed by atoms with Gasteiger partial charge in [0.05, 0.1) is 29.5 Å². The molecule has 0 spiro atoms. The number of carbonyl (C=O) groups excluding carboxylic acids is 1. The van der Waals surface area contributed by atoms with Gasteiger partial charge in [-0.3, -0.25) is 14.8 Å². The molecule has 5 nitrogen and oxygen atoms in total. The summed E-state index contributed by atoms with van der Waals surface area (Å²) in [4.78, 5) is 24.7. The van der Waals surface area contributed by atoms with Crippen molar-refractivity contribution in [3.05, 3.63) is 66.2 Å². The number of rotatable bonds is 3. The molecule has 0 fully saturated rings. The lowest BCUT2D eigenvalue weighted by molar-refractivity contribution is 0.0945. The van der Waals surface area contributed by atoms with E-state index in [-0.39, 0.29) is 5.91 Å². The van der Waals surface area contributed by atoms with Crippen molar-refractivity contribution in [3.63, 3.8) is 0 Å². The van der Waals surface area contributed by atoms with Crippen molar-refractivity contribution in [1.82, 2.24) is 20.3 Å². The summed E-state index contributed by atoms with van der Waals surface area (Å²) < 4.78 is 0. The molecule has 2 heterocycles. The van der Waals surface area contributed by atoms with Crippen LogP contribution in [0.15, 0.2) is 54.9 Å². The summed E-state index contributed by atoms with van der Waals surface area (Å²) in [6, 6.07) is 13.0. The molecule has 0 aliphatic heterocycles. The van der Waals surface area contributed by atoms with E-state index in [1.807, 2.05) is 42.5 Å². The smallest absolute Gasteiger partial charge is 0.271 e. The molecule has 0 atom stereocenters. The number of carbonyl (C=O) groups is 1. The molecule has 5 heteroatoms. The van der Waals surface area contributed by atoms with Gasteiger partial charge in [0.25, 0.3) is 5.91 Å². The molecule has 0 aliphatic rings. The van der Waals surface area contributed by atoms with Gasteiger partial charge in [-0.05, 0) is 24.3 Å². The summed E-state index contributed by atoms with van der Waals surface area (Å²) in [5.74, 6) is -0.256. The second-order valence-electron chi connectivity index (χ2n) is 4.25. The van der Waals surface area contributed by atoms with Gasteiger partial charge in [-0.15, -0.1) is 0 Å². The van der Waals surface area contributed by atoms with Gasteiger partial charge >= 0.3 is 0 Å². The van der Waals surface area contributed by atoms with E-state index in [1.54, 1.807) is 6.20 Å². The third-order valence-corrected chi connectivity index (χ3v) is 2.84. The number of para-hydroxylation sites is 2. The van der Waals surface area contributed by atoms with Gasteiger partial charge in [-0.25, -0.2) is 4.98 Å². The fourth-order valence-corrected chi connectivity index (χ4v) is 1.83. The molecular formula is C15H12N4O. The molecular weight excluding hydrogens is 252 g/mol. The standard InChI is InChI=1S/C15H12N4O/c20-15(18-9-11-5-3-4-8-16-11)14-10-17-12-6-1-2-7-13(12)19-14/h1-8,10H,9H2,(H,18,20). The third-order valence-electron chi connectivity index (χ3n) is 2.84. The Kier molecular flexibility index (Phi) is 3.33. The summed E-state index contributed by atoms with van der Waals surface area (Å²) in [7, 11) is 0. The first-order valence-electron chi connectivity index (χ1n) is 6.23. The van der Waals surface area contributed by atoms with Crippen molar-refractivity contribution in [2.24, 2.45) is 0 Å². The number of benzene rings is 1. The summed E-state index contributed by atoms with van der Waals surface area (Å²) >= 11 is 0. The normalized spacial score (nSPS) is 10.4. The molecule has 3 aromatic rings. The minimum atomic E-state index is -0.256. The lowest BCUT2D eigenvalue weighted by Crippen LogP contribution is -2.24. The highest BCUT2D eigenvalue weighted by molar-refractivity contribution is 5.93. The molecule has 98 valence electrons. The summed E-state index contributed by atoms with van der Waals surface area (Å²) in [5.41, 5.74) is 2.58. The number of pyridine rings is 1. The van der Waals surface area contributed by atoms with E-state index in [2.05, 4.69) is 20.3 Å². The van der Waals surface area contributed by atoms with E-state index in [0.29, 0.717) is 17.8 Å². The van der Waals surface area contributed by atoms with Crippen LogP contribution in [0.2, 0.25) is 0 Å². The van der Waals surface area contributed by atoms with E-state index in [1.165, 1.54) is 6.20 Å². The monoisotopic (exact) mass is 264 g/mol. The van der Waals surface area contributed by atoms with Crippen LogP contribution in [-0.4, -0.2) is 20.9 Å². The number of hydrogen-bond acceptors (Lipinski definition) is 4. The highest BCUT2D eigenvalue weighted by Crippen LogP contribution is 2.08. The Morgan fingerprint density at radius 1 is 1.00 bits per heavy atom. The van der Waals surface area contributed by atoms with E-state index < -0.39 is 0 Å². The Hall–Kier alpha value is -2.82. The fraction of sp³-hybridized carbons (Fsp3) is 0.0667. The van der Waals surface area contributed by atoms with Gasteiger partial charge in [-0.2, -0.15) is 0 Å². The summed E-state index contributed by atoms with van der Waals surface area (Å²) in [6.45, 7) is 0.369. The molecule has 0 aliphatic carbocycles. The quantitative estimate of drug-likeness (QED) is 0.785. The van der Waals surface area contributed by atoms with Crippen molar-refractivity contribution in [3.8, 4) is 0 Å². The molecule has 0 saturated carbocycles. The highest BCUT2D eigenvalue weighted by atomic mass is 16.1. The first kappa shape index (κ1) is 12.2. The van der Waals surface area contributed by atoms with Crippen molar-refractivity contribution in [1.29, 1.82) is 0 Å². The average molecular weight is 264 g/mol. The van der Waals surface area contributed by atoms with Crippen LogP contribution in [0.4, 0.5) is 0 Å². The summed E-state index contributed by atoms with van der Waals surface area (Å²) in [6.07, 6.45) is 3.17. The fourth-order valence-electron chi connectivity index (χ4n) is 1.83. The Labute approximate surface area is 115 Å². The van der Waals surface area contributed by atoms with Crippen LogP contribution in [0.5, 0.6) is 0 Å². The topological polar surface area (TPSA) is 67.8 Å². The number of hydrogen-bond donors (Lipinski definition) is 1. The Bertz CT molecular complexity index is 743. The zero-order valence-electron chi connectivity index (χ0n) is 10.7. The predicted octanol–water partition coefficient (Wildman–Crippen LogP) is 1.95. The maximum absolute atomic E-state index is 12.0. The van der Waals surface area contributed by atoms with Crippen LogP contribution in [0.1, 0.15) is 16.2 Å². The molecule has 1 N–H and O–H groups in total. The Morgan fingerprint density at radius 3 is 2.60 bits per heavy atom. The second-order valence-corrected chi connectivity index (χ2v) is 4.25. The van der Waals surface area contributed by atoms with Crippen LogP contribution < -0.4 is 5.32 Å². The van der Waals surface area contributed by atoms with Crippen LogP contribution in [-0.2, 0) is 6.54 Å². The van der Waals surface area contributed by atoms with Gasteiger partial charge in [0.2, 0.25) is 0 Å². The van der Waals surface area contributed by atoms with Crippen LogP contribution in [0.3, 0.4) is 0 Å². The molecule has 0 radical (unpaired) electrons. The van der Waals surface area contributed by atoms with E-state index in [0.717, 1.165) is 11.2 Å². The molecule has 20 heavy (non-hydrogen) atoms. The van der Waals surface area contributed by atoms with Crippen molar-refractivity contribution in [2.45, 2.75) is 6.54 Å². The zero-order valence-corrected chi connectivity index (χ0v) is 10.7. The number of nitrogens with one attached hydrogen (secondary N) is 1. The predicted molar refractivity (Wildman–Crippen MR) is 74.9 cm³/mol. The van der Waals surface area contributed by atoms with Gasteiger partial charge in [0, 0.05) is 6.20 Å². The number of amides is 1. The molecule has 1 aromatic carbocycles. The molecule has 2 aromatic heterocycles. The number of nitrogens with zero attached hydrogens (tertiary/aromatic N) is 3. The first-order chi connectivity index (χ1) is 9.83. The number of fused-ring (bicyclic) bond motifs is 1. The second kappa shape index (κ2) is 5.44. The molecule has 0 bridgehead atoms. The molecule has 1 amide bonds. The molecule has 3 rings (SSSR count). The summed E-state index contributed by atoms with van der Waals surface area (Å²) in [5, 5.41) is 2.78. The first-order valence-corrected chi connectivity index (χ1v) is 6.23. The van der Waals surface area contributed by atoms with Gasteiger partial charge in [-0.1, -0.05) is 18.2 Å². The SMILES string of the molecule is O=C(NCc1ccccn1)c1cnc2ccccc2n1. The van der Waals surface area contributed by atoms with Crippen molar-refractivity contribution >= 4 is 16.9 Å². The van der Waals surface area contributed by atoms with Crippen LogP contribution in [0.25, 0.3) is 11.0 Å².